The topological polar surface area (TPSA) is 85.4 Å². The summed E-state index contributed by atoms with van der Waals surface area (Å²) in [5.74, 6) is 1.12. The number of nitro groups is 1. The minimum Gasteiger partial charge on any atom is -0.493 e. The molecule has 0 bridgehead atoms. The molecular weight excluding hydrogens is 320 g/mol. The Labute approximate surface area is 146 Å². The van der Waals surface area contributed by atoms with Crippen LogP contribution in [0, 0.1) is 21.4 Å². The molecule has 0 fully saturated rings. The Hall–Kier alpha value is -3.33. The number of rotatable bonds is 6. The van der Waals surface area contributed by atoms with Crippen LogP contribution in [0.2, 0.25) is 0 Å². The normalized spacial score (nSPS) is 11.1. The van der Waals surface area contributed by atoms with E-state index in [1.165, 1.54) is 12.1 Å². The smallest absolute Gasteiger partial charge is 0.269 e. The van der Waals surface area contributed by atoms with Crippen molar-refractivity contribution < 1.29 is 14.4 Å². The van der Waals surface area contributed by atoms with Gasteiger partial charge in [0.25, 0.3) is 5.69 Å². The maximum Gasteiger partial charge on any atom is 0.269 e. The molecule has 0 aliphatic rings. The first kappa shape index (κ1) is 18.0. The van der Waals surface area contributed by atoms with Crippen molar-refractivity contribution in [2.75, 3.05) is 7.11 Å². The third-order valence-corrected chi connectivity index (χ3v) is 3.39. The first-order chi connectivity index (χ1) is 12.0. The molecule has 0 aromatic heterocycles. The van der Waals surface area contributed by atoms with Crippen molar-refractivity contribution in [3.8, 4) is 17.6 Å². The highest BCUT2D eigenvalue weighted by atomic mass is 16.6. The molecule has 0 saturated heterocycles. The highest BCUT2D eigenvalue weighted by Crippen LogP contribution is 2.34. The average molecular weight is 338 g/mol. The van der Waals surface area contributed by atoms with Crippen molar-refractivity contribution in [1.82, 2.24) is 0 Å². The number of non-ortho nitro benzene ring substituents is 1. The van der Waals surface area contributed by atoms with Gasteiger partial charge in [-0.05, 0) is 43.7 Å². The maximum atomic E-state index is 10.8. The van der Waals surface area contributed by atoms with E-state index in [-0.39, 0.29) is 11.8 Å². The van der Waals surface area contributed by atoms with E-state index < -0.39 is 4.92 Å². The molecule has 0 saturated carbocycles. The molecule has 6 nitrogen and oxygen atoms in total. The van der Waals surface area contributed by atoms with Crippen molar-refractivity contribution in [2.45, 2.75) is 20.0 Å². The van der Waals surface area contributed by atoms with Gasteiger partial charge in [-0.1, -0.05) is 12.1 Å². The lowest BCUT2D eigenvalue weighted by molar-refractivity contribution is -0.384. The summed E-state index contributed by atoms with van der Waals surface area (Å²) in [5.41, 5.74) is 1.64. The number of nitriles is 1. The van der Waals surface area contributed by atoms with Gasteiger partial charge in [0.05, 0.1) is 29.8 Å². The molecule has 0 radical (unpaired) electrons. The quantitative estimate of drug-likeness (QED) is 0.336. The van der Waals surface area contributed by atoms with Crippen LogP contribution in [0.4, 0.5) is 5.69 Å². The fourth-order valence-electron chi connectivity index (χ4n) is 2.27. The number of hydrogen-bond donors (Lipinski definition) is 0. The molecule has 2 rings (SSSR count). The van der Waals surface area contributed by atoms with Gasteiger partial charge in [-0.15, -0.1) is 0 Å². The summed E-state index contributed by atoms with van der Waals surface area (Å²) in [6.07, 6.45) is 1.62. The number of nitrogens with zero attached hydrogens (tertiary/aromatic N) is 2. The van der Waals surface area contributed by atoms with Crippen LogP contribution in [-0.4, -0.2) is 18.1 Å². The summed E-state index contributed by atoms with van der Waals surface area (Å²) in [6, 6.07) is 13.4. The van der Waals surface area contributed by atoms with Crippen LogP contribution in [0.5, 0.6) is 11.5 Å². The molecule has 0 aliphatic carbocycles. The van der Waals surface area contributed by atoms with E-state index in [9.17, 15) is 15.4 Å². The van der Waals surface area contributed by atoms with Crippen LogP contribution in [0.3, 0.4) is 0 Å². The van der Waals surface area contributed by atoms with E-state index in [1.54, 1.807) is 31.4 Å². The summed E-state index contributed by atoms with van der Waals surface area (Å²) in [4.78, 5) is 10.3. The minimum atomic E-state index is -0.476. The number of hydrogen-bond acceptors (Lipinski definition) is 5. The molecule has 0 aliphatic heterocycles. The van der Waals surface area contributed by atoms with Crippen molar-refractivity contribution >= 4 is 17.3 Å². The van der Waals surface area contributed by atoms with Crippen LogP contribution >= 0.6 is 0 Å². The largest absolute Gasteiger partial charge is 0.493 e. The fraction of sp³-hybridized carbons (Fsp3) is 0.211. The van der Waals surface area contributed by atoms with Crippen LogP contribution in [0.1, 0.15) is 25.0 Å². The van der Waals surface area contributed by atoms with Gasteiger partial charge in [0.2, 0.25) is 0 Å². The lowest BCUT2D eigenvalue weighted by atomic mass is 10.0. The molecule has 0 heterocycles. The van der Waals surface area contributed by atoms with Gasteiger partial charge in [-0.25, -0.2) is 0 Å². The Morgan fingerprint density at radius 3 is 2.44 bits per heavy atom. The van der Waals surface area contributed by atoms with E-state index >= 15 is 0 Å². The van der Waals surface area contributed by atoms with E-state index in [0.717, 1.165) is 0 Å². The summed E-state index contributed by atoms with van der Waals surface area (Å²) >= 11 is 0. The Morgan fingerprint density at radius 2 is 1.92 bits per heavy atom. The second-order valence-electron chi connectivity index (χ2n) is 5.52. The van der Waals surface area contributed by atoms with Crippen LogP contribution in [0.15, 0.2) is 42.5 Å². The van der Waals surface area contributed by atoms with E-state index in [0.29, 0.717) is 28.2 Å². The van der Waals surface area contributed by atoms with Gasteiger partial charge >= 0.3 is 0 Å². The van der Waals surface area contributed by atoms with E-state index in [4.69, 9.17) is 9.47 Å². The molecule has 2 aromatic carbocycles. The Bertz CT molecular complexity index is 833. The molecule has 25 heavy (non-hydrogen) atoms. The zero-order valence-corrected chi connectivity index (χ0v) is 14.2. The molecule has 0 amide bonds. The summed E-state index contributed by atoms with van der Waals surface area (Å²) in [6.45, 7) is 3.81. The van der Waals surface area contributed by atoms with Crippen LogP contribution in [-0.2, 0) is 0 Å². The summed E-state index contributed by atoms with van der Waals surface area (Å²) in [5, 5.41) is 20.3. The highest BCUT2D eigenvalue weighted by Gasteiger charge is 2.13. The Kier molecular flexibility index (Phi) is 5.75. The van der Waals surface area contributed by atoms with Crippen molar-refractivity contribution in [3.05, 3.63) is 63.7 Å². The second kappa shape index (κ2) is 7.97. The van der Waals surface area contributed by atoms with Crippen molar-refractivity contribution in [1.29, 1.82) is 5.26 Å². The fourth-order valence-corrected chi connectivity index (χ4v) is 2.27. The van der Waals surface area contributed by atoms with Gasteiger partial charge in [-0.2, -0.15) is 5.26 Å². The van der Waals surface area contributed by atoms with Crippen molar-refractivity contribution in [3.63, 3.8) is 0 Å². The predicted molar refractivity (Wildman–Crippen MR) is 95.3 cm³/mol. The molecule has 2 aromatic rings. The Balaban J connectivity index is 2.49. The number of allylic oxidation sites excluding steroid dienone is 1. The summed E-state index contributed by atoms with van der Waals surface area (Å²) in [7, 11) is 1.55. The number of benzene rings is 2. The van der Waals surface area contributed by atoms with Gasteiger partial charge in [-0.3, -0.25) is 10.1 Å². The Morgan fingerprint density at radius 1 is 1.24 bits per heavy atom. The zero-order chi connectivity index (χ0) is 18.4. The molecule has 0 spiro atoms. The van der Waals surface area contributed by atoms with Crippen LogP contribution < -0.4 is 9.47 Å². The van der Waals surface area contributed by atoms with Gasteiger partial charge in [0.1, 0.15) is 0 Å². The van der Waals surface area contributed by atoms with Gasteiger partial charge in [0.15, 0.2) is 11.5 Å². The molecule has 0 N–H and O–H groups in total. The van der Waals surface area contributed by atoms with E-state index in [1.807, 2.05) is 26.0 Å². The molecular formula is C19H18N2O4. The van der Waals surface area contributed by atoms with Crippen molar-refractivity contribution in [2.24, 2.45) is 0 Å². The zero-order valence-electron chi connectivity index (χ0n) is 14.2. The molecule has 0 atom stereocenters. The third-order valence-electron chi connectivity index (χ3n) is 3.39. The first-order valence-electron chi connectivity index (χ1n) is 7.66. The number of nitro benzene ring substituents is 1. The SMILES string of the molecule is COc1cccc(C=C(C#N)c2ccc([N+](=O)[O-])cc2)c1OC(C)C. The maximum absolute atomic E-state index is 10.8. The highest BCUT2D eigenvalue weighted by molar-refractivity contribution is 5.91. The lowest BCUT2D eigenvalue weighted by Gasteiger charge is -2.16. The lowest BCUT2D eigenvalue weighted by Crippen LogP contribution is -2.08. The first-order valence-corrected chi connectivity index (χ1v) is 7.66. The average Bonchev–Trinajstić information content (AvgIpc) is 2.60. The molecule has 128 valence electrons. The number of methoxy groups -OCH3 is 1. The van der Waals surface area contributed by atoms with Gasteiger partial charge in [0, 0.05) is 17.7 Å². The minimum absolute atomic E-state index is 0.0220. The number of ether oxygens (including phenoxy) is 2. The second-order valence-corrected chi connectivity index (χ2v) is 5.52. The van der Waals surface area contributed by atoms with Crippen LogP contribution in [0.25, 0.3) is 11.6 Å². The molecule has 6 heteroatoms. The monoisotopic (exact) mass is 338 g/mol. The third kappa shape index (κ3) is 4.36. The van der Waals surface area contributed by atoms with E-state index in [2.05, 4.69) is 6.07 Å². The standard InChI is InChI=1S/C19H18N2O4/c1-13(2)25-19-15(5-4-6-18(19)24-3)11-16(12-20)14-7-9-17(10-8-14)21(22)23/h4-11,13H,1-3H3. The van der Waals surface area contributed by atoms with Gasteiger partial charge < -0.3 is 9.47 Å². The summed E-state index contributed by atoms with van der Waals surface area (Å²) < 4.78 is 11.2. The molecule has 0 unspecified atom stereocenters. The predicted octanol–water partition coefficient (Wildman–Crippen LogP) is 4.45. The number of para-hydroxylation sites is 1.